The van der Waals surface area contributed by atoms with Gasteiger partial charge in [0.05, 0.1) is 6.16 Å². The number of ketones is 1. The van der Waals surface area contributed by atoms with Crippen LogP contribution in [-0.2, 0) is 13.9 Å². The Labute approximate surface area is 85.7 Å². The molecule has 0 saturated carbocycles. The molecular formula is C10H17O3P. The molecule has 0 rings (SSSR count). The van der Waals surface area contributed by atoms with Gasteiger partial charge >= 0.3 is 0 Å². The van der Waals surface area contributed by atoms with E-state index in [1.165, 1.54) is 13.8 Å². The summed E-state index contributed by atoms with van der Waals surface area (Å²) in [6.45, 7) is 5.00. The predicted molar refractivity (Wildman–Crippen MR) is 57.6 cm³/mol. The van der Waals surface area contributed by atoms with Crippen molar-refractivity contribution < 1.29 is 13.9 Å². The molecule has 0 spiro atoms. The van der Waals surface area contributed by atoms with Gasteiger partial charge in [0, 0.05) is 26.1 Å². The van der Waals surface area contributed by atoms with Gasteiger partial charge in [0.1, 0.15) is 5.78 Å². The molecule has 0 saturated heterocycles. The number of hydrogen-bond donors (Lipinski definition) is 0. The van der Waals surface area contributed by atoms with Crippen molar-refractivity contribution in [1.29, 1.82) is 0 Å². The summed E-state index contributed by atoms with van der Waals surface area (Å²) in [5.41, 5.74) is 0. The molecule has 0 aromatic carbocycles. The Bertz CT molecular complexity index is 298. The Kier molecular flexibility index (Phi) is 5.76. The minimum absolute atomic E-state index is 0.00998. The van der Waals surface area contributed by atoms with Crippen molar-refractivity contribution in [2.75, 3.05) is 19.9 Å². The van der Waals surface area contributed by atoms with Crippen LogP contribution in [0.2, 0.25) is 0 Å². The van der Waals surface area contributed by atoms with Crippen LogP contribution in [0, 0.1) is 17.8 Å². The summed E-state index contributed by atoms with van der Waals surface area (Å²) >= 11 is 0. The Balaban J connectivity index is 4.19. The van der Waals surface area contributed by atoms with Crippen LogP contribution in [-0.4, -0.2) is 25.7 Å². The third kappa shape index (κ3) is 5.21. The summed E-state index contributed by atoms with van der Waals surface area (Å²) < 4.78 is 16.3. The normalized spacial score (nSPS) is 16.3. The first-order valence-corrected chi connectivity index (χ1v) is 6.73. The topological polar surface area (TPSA) is 43.4 Å². The maximum absolute atomic E-state index is 11.5. The van der Waals surface area contributed by atoms with Crippen LogP contribution in [0.1, 0.15) is 20.3 Å². The van der Waals surface area contributed by atoms with Gasteiger partial charge in [-0.15, -0.1) is 11.8 Å². The summed E-state index contributed by atoms with van der Waals surface area (Å²) in [4.78, 5) is 11.5. The lowest BCUT2D eigenvalue weighted by Crippen LogP contribution is -2.15. The quantitative estimate of drug-likeness (QED) is 0.522. The van der Waals surface area contributed by atoms with E-state index in [0.717, 1.165) is 0 Å². The average Bonchev–Trinajstić information content (AvgIpc) is 2.13. The zero-order valence-electron chi connectivity index (χ0n) is 9.16. The van der Waals surface area contributed by atoms with Crippen LogP contribution in [0.4, 0.5) is 0 Å². The molecule has 1 unspecified atom stereocenters. The highest BCUT2D eigenvalue weighted by atomic mass is 31.2. The van der Waals surface area contributed by atoms with Crippen molar-refractivity contribution in [3.05, 3.63) is 0 Å². The first-order chi connectivity index (χ1) is 6.43. The van der Waals surface area contributed by atoms with E-state index < -0.39 is 7.37 Å². The molecule has 3 nitrogen and oxygen atoms in total. The second kappa shape index (κ2) is 6.01. The Morgan fingerprint density at radius 2 is 2.14 bits per heavy atom. The standard InChI is InChI=1S/C10H17O3P/c1-5-6-7-9(2)10(11)8-14(4,12)13-3/h9H,7-8H2,1-4H3/t9-,14?/m0/s1. The minimum Gasteiger partial charge on any atom is -0.332 e. The number of carbonyl (C=O) groups is 1. The zero-order chi connectivity index (χ0) is 11.2. The van der Waals surface area contributed by atoms with Gasteiger partial charge in [-0.05, 0) is 6.92 Å². The van der Waals surface area contributed by atoms with E-state index in [1.54, 1.807) is 13.8 Å². The maximum Gasteiger partial charge on any atom is 0.207 e. The Hall–Kier alpha value is -0.580. The van der Waals surface area contributed by atoms with Crippen molar-refractivity contribution >= 4 is 13.2 Å². The molecule has 0 heterocycles. The fourth-order valence-electron chi connectivity index (χ4n) is 0.872. The molecule has 0 aromatic heterocycles. The third-order valence-corrected chi connectivity index (χ3v) is 3.62. The first-order valence-electron chi connectivity index (χ1n) is 4.47. The Morgan fingerprint density at radius 1 is 1.57 bits per heavy atom. The molecule has 0 radical (unpaired) electrons. The van der Waals surface area contributed by atoms with Gasteiger partial charge in [0.25, 0.3) is 0 Å². The third-order valence-electron chi connectivity index (χ3n) is 1.96. The molecular weight excluding hydrogens is 199 g/mol. The Morgan fingerprint density at radius 3 is 2.57 bits per heavy atom. The second-order valence-corrected chi connectivity index (χ2v) is 6.06. The minimum atomic E-state index is -2.71. The summed E-state index contributed by atoms with van der Waals surface area (Å²) in [7, 11) is -1.35. The largest absolute Gasteiger partial charge is 0.332 e. The van der Waals surface area contributed by atoms with Gasteiger partial charge < -0.3 is 4.52 Å². The molecule has 0 N–H and O–H groups in total. The van der Waals surface area contributed by atoms with Gasteiger partial charge in [0.2, 0.25) is 7.37 Å². The maximum atomic E-state index is 11.5. The molecule has 80 valence electrons. The van der Waals surface area contributed by atoms with Crippen molar-refractivity contribution in [3.8, 4) is 11.8 Å². The molecule has 0 bridgehead atoms. The van der Waals surface area contributed by atoms with Crippen molar-refractivity contribution in [2.45, 2.75) is 20.3 Å². The number of Topliss-reactive ketones (excluding diaryl/α,β-unsaturated/α-hetero) is 1. The summed E-state index contributed by atoms with van der Waals surface area (Å²) in [6, 6.07) is 0. The van der Waals surface area contributed by atoms with Gasteiger partial charge in [-0.1, -0.05) is 6.92 Å². The van der Waals surface area contributed by atoms with Gasteiger partial charge in [-0.25, -0.2) is 0 Å². The van der Waals surface area contributed by atoms with E-state index >= 15 is 0 Å². The molecule has 0 aromatic rings. The van der Waals surface area contributed by atoms with E-state index in [2.05, 4.69) is 11.8 Å². The lowest BCUT2D eigenvalue weighted by atomic mass is 10.0. The molecule has 0 aliphatic rings. The monoisotopic (exact) mass is 216 g/mol. The first kappa shape index (κ1) is 13.4. The molecule has 0 aliphatic heterocycles. The fraction of sp³-hybridized carbons (Fsp3) is 0.700. The smallest absolute Gasteiger partial charge is 0.207 e. The van der Waals surface area contributed by atoms with Gasteiger partial charge in [-0.3, -0.25) is 9.36 Å². The zero-order valence-corrected chi connectivity index (χ0v) is 10.1. The average molecular weight is 216 g/mol. The molecule has 14 heavy (non-hydrogen) atoms. The van der Waals surface area contributed by atoms with Crippen molar-refractivity contribution in [1.82, 2.24) is 0 Å². The van der Waals surface area contributed by atoms with Gasteiger partial charge in [0.15, 0.2) is 0 Å². The van der Waals surface area contributed by atoms with E-state index in [9.17, 15) is 9.36 Å². The lowest BCUT2D eigenvalue weighted by molar-refractivity contribution is -0.119. The van der Waals surface area contributed by atoms with Crippen LogP contribution in [0.25, 0.3) is 0 Å². The van der Waals surface area contributed by atoms with Crippen LogP contribution in [0.5, 0.6) is 0 Å². The van der Waals surface area contributed by atoms with Crippen LogP contribution >= 0.6 is 7.37 Å². The molecule has 2 atom stereocenters. The van der Waals surface area contributed by atoms with Crippen molar-refractivity contribution in [2.24, 2.45) is 5.92 Å². The van der Waals surface area contributed by atoms with Crippen molar-refractivity contribution in [3.63, 3.8) is 0 Å². The van der Waals surface area contributed by atoms with E-state index in [1.807, 2.05) is 0 Å². The summed E-state index contributed by atoms with van der Waals surface area (Å²) in [5.74, 6) is 5.36. The summed E-state index contributed by atoms with van der Waals surface area (Å²) in [6.07, 6.45) is 0.537. The van der Waals surface area contributed by atoms with E-state index in [0.29, 0.717) is 6.42 Å². The fourth-order valence-corrected chi connectivity index (χ4v) is 1.88. The highest BCUT2D eigenvalue weighted by Gasteiger charge is 2.22. The van der Waals surface area contributed by atoms with E-state index in [4.69, 9.17) is 4.52 Å². The number of rotatable bonds is 5. The highest BCUT2D eigenvalue weighted by molar-refractivity contribution is 7.59. The molecule has 0 amide bonds. The SMILES string of the molecule is CC#CC[C@H](C)C(=O)CP(C)(=O)OC. The molecule has 0 fully saturated rings. The predicted octanol–water partition coefficient (Wildman–Crippen LogP) is 2.16. The molecule has 4 heteroatoms. The number of carbonyl (C=O) groups excluding carboxylic acids is 1. The number of hydrogen-bond acceptors (Lipinski definition) is 3. The van der Waals surface area contributed by atoms with Crippen LogP contribution < -0.4 is 0 Å². The molecule has 0 aliphatic carbocycles. The highest BCUT2D eigenvalue weighted by Crippen LogP contribution is 2.41. The van der Waals surface area contributed by atoms with Gasteiger partial charge in [-0.2, -0.15) is 0 Å². The van der Waals surface area contributed by atoms with Crippen LogP contribution in [0.15, 0.2) is 0 Å². The lowest BCUT2D eigenvalue weighted by Gasteiger charge is -2.12. The summed E-state index contributed by atoms with van der Waals surface area (Å²) in [5, 5.41) is 0. The van der Waals surface area contributed by atoms with Crippen LogP contribution in [0.3, 0.4) is 0 Å². The second-order valence-electron chi connectivity index (χ2n) is 3.35. The van der Waals surface area contributed by atoms with E-state index in [-0.39, 0.29) is 17.9 Å².